The summed E-state index contributed by atoms with van der Waals surface area (Å²) in [6.45, 7) is 1.75. The Morgan fingerprint density at radius 2 is 2.03 bits per heavy atom. The summed E-state index contributed by atoms with van der Waals surface area (Å²) in [5.41, 5.74) is 4.97. The van der Waals surface area contributed by atoms with Crippen molar-refractivity contribution in [2.75, 3.05) is 5.32 Å². The molecule has 0 saturated carbocycles. The Morgan fingerprint density at radius 1 is 1.11 bits per heavy atom. The molecule has 0 aromatic carbocycles. The van der Waals surface area contributed by atoms with Crippen LogP contribution in [0, 0.1) is 5.82 Å². The SMILES string of the molecule is CCC(=O)Nc1cncc(-c2cnc3[nH]nc(-c4nc5c(-c6ccsc6)ccnc5[nH]4)c3c2F)c1. The molecule has 0 spiro atoms. The van der Waals surface area contributed by atoms with E-state index in [0.717, 1.165) is 11.1 Å². The molecular weight excluding hydrogens is 467 g/mol. The third kappa shape index (κ3) is 3.62. The van der Waals surface area contributed by atoms with Crippen LogP contribution < -0.4 is 5.32 Å². The zero-order chi connectivity index (χ0) is 23.9. The van der Waals surface area contributed by atoms with Crippen LogP contribution in [0.4, 0.5) is 10.1 Å². The van der Waals surface area contributed by atoms with Crippen molar-refractivity contribution in [2.45, 2.75) is 13.3 Å². The largest absolute Gasteiger partial charge is 0.325 e. The number of hydrogen-bond donors (Lipinski definition) is 3. The van der Waals surface area contributed by atoms with Crippen LogP contribution in [-0.4, -0.2) is 41.0 Å². The second-order valence-electron chi connectivity index (χ2n) is 7.80. The number of halogens is 1. The molecule has 6 rings (SSSR count). The Morgan fingerprint density at radius 3 is 2.86 bits per heavy atom. The normalized spacial score (nSPS) is 11.4. The highest BCUT2D eigenvalue weighted by Gasteiger charge is 2.21. The molecule has 6 aromatic heterocycles. The average molecular weight is 485 g/mol. The molecule has 0 saturated heterocycles. The quantitative estimate of drug-likeness (QED) is 0.310. The summed E-state index contributed by atoms with van der Waals surface area (Å²) in [6, 6.07) is 5.57. The van der Waals surface area contributed by atoms with Crippen molar-refractivity contribution in [1.82, 2.24) is 35.1 Å². The number of aromatic nitrogens is 7. The van der Waals surface area contributed by atoms with Crippen molar-refractivity contribution in [3.8, 4) is 33.8 Å². The number of carbonyl (C=O) groups excluding carboxylic acids is 1. The number of nitrogens with one attached hydrogen (secondary N) is 3. The fourth-order valence-electron chi connectivity index (χ4n) is 3.91. The van der Waals surface area contributed by atoms with E-state index in [2.05, 4.69) is 35.5 Å². The minimum atomic E-state index is -0.522. The lowest BCUT2D eigenvalue weighted by Gasteiger charge is -2.07. The number of anilines is 1. The summed E-state index contributed by atoms with van der Waals surface area (Å²) in [5.74, 6) is -0.303. The third-order valence-corrected chi connectivity index (χ3v) is 6.30. The molecule has 9 nitrogen and oxygen atoms in total. The molecule has 0 aliphatic rings. The second kappa shape index (κ2) is 8.37. The maximum Gasteiger partial charge on any atom is 0.224 e. The predicted octanol–water partition coefficient (Wildman–Crippen LogP) is 5.17. The van der Waals surface area contributed by atoms with E-state index in [1.807, 2.05) is 22.9 Å². The molecule has 172 valence electrons. The van der Waals surface area contributed by atoms with Crippen LogP contribution in [0.15, 0.2) is 53.7 Å². The highest BCUT2D eigenvalue weighted by atomic mass is 32.1. The van der Waals surface area contributed by atoms with Gasteiger partial charge in [-0.05, 0) is 34.5 Å². The zero-order valence-electron chi connectivity index (χ0n) is 18.3. The summed E-state index contributed by atoms with van der Waals surface area (Å²) in [7, 11) is 0. The number of nitrogens with zero attached hydrogens (tertiary/aromatic N) is 5. The van der Waals surface area contributed by atoms with Gasteiger partial charge in [-0.2, -0.15) is 16.4 Å². The van der Waals surface area contributed by atoms with Crippen molar-refractivity contribution < 1.29 is 9.18 Å². The van der Waals surface area contributed by atoms with E-state index >= 15 is 4.39 Å². The minimum Gasteiger partial charge on any atom is -0.325 e. The predicted molar refractivity (Wildman–Crippen MR) is 132 cm³/mol. The molecule has 0 bridgehead atoms. The van der Waals surface area contributed by atoms with Gasteiger partial charge in [0.05, 0.1) is 17.3 Å². The summed E-state index contributed by atoms with van der Waals surface area (Å²) in [6.07, 6.45) is 6.47. The van der Waals surface area contributed by atoms with E-state index in [4.69, 9.17) is 4.98 Å². The first kappa shape index (κ1) is 21.1. The van der Waals surface area contributed by atoms with Gasteiger partial charge in [0.2, 0.25) is 5.91 Å². The first-order valence-corrected chi connectivity index (χ1v) is 11.7. The molecule has 6 aromatic rings. The Bertz CT molecular complexity index is 1710. The lowest BCUT2D eigenvalue weighted by atomic mass is 10.1. The van der Waals surface area contributed by atoms with Crippen LogP contribution >= 0.6 is 11.3 Å². The van der Waals surface area contributed by atoms with E-state index in [1.165, 1.54) is 18.6 Å². The standard InChI is InChI=1S/C24H17FN8OS/c1-2-17(34)29-14-7-13(8-26-9-14)16-10-28-22-18(19(16)25)21(32-33-22)24-30-20-15(12-4-6-35-11-12)3-5-27-23(20)31-24/h3-11H,2H2,1H3,(H,29,34)(H,27,30,31)(H,28,32,33). The minimum absolute atomic E-state index is 0.157. The van der Waals surface area contributed by atoms with Gasteiger partial charge < -0.3 is 10.3 Å². The van der Waals surface area contributed by atoms with Crippen molar-refractivity contribution in [3.63, 3.8) is 0 Å². The first-order valence-electron chi connectivity index (χ1n) is 10.8. The van der Waals surface area contributed by atoms with E-state index < -0.39 is 5.82 Å². The van der Waals surface area contributed by atoms with Gasteiger partial charge in [0.15, 0.2) is 17.1 Å². The lowest BCUT2D eigenvalue weighted by molar-refractivity contribution is -0.115. The number of imidazole rings is 1. The van der Waals surface area contributed by atoms with Gasteiger partial charge in [0.25, 0.3) is 0 Å². The van der Waals surface area contributed by atoms with E-state index in [9.17, 15) is 4.79 Å². The van der Waals surface area contributed by atoms with Crippen LogP contribution in [0.1, 0.15) is 13.3 Å². The number of aromatic amines is 2. The number of amides is 1. The van der Waals surface area contributed by atoms with Crippen LogP contribution in [0.2, 0.25) is 0 Å². The third-order valence-electron chi connectivity index (χ3n) is 5.62. The van der Waals surface area contributed by atoms with Crippen LogP contribution in [0.5, 0.6) is 0 Å². The fraction of sp³-hybridized carbons (Fsp3) is 0.0833. The molecule has 1 amide bonds. The molecule has 0 aliphatic heterocycles. The summed E-state index contributed by atoms with van der Waals surface area (Å²) >= 11 is 1.59. The van der Waals surface area contributed by atoms with Crippen LogP contribution in [0.3, 0.4) is 0 Å². The van der Waals surface area contributed by atoms with E-state index in [-0.39, 0.29) is 22.5 Å². The molecule has 6 heterocycles. The second-order valence-corrected chi connectivity index (χ2v) is 8.58. The highest BCUT2D eigenvalue weighted by molar-refractivity contribution is 7.08. The molecule has 11 heteroatoms. The van der Waals surface area contributed by atoms with Crippen LogP contribution in [-0.2, 0) is 4.79 Å². The molecular formula is C24H17FN8OS. The van der Waals surface area contributed by atoms with Gasteiger partial charge in [-0.15, -0.1) is 0 Å². The number of carbonyl (C=O) groups is 1. The van der Waals surface area contributed by atoms with Gasteiger partial charge in [-0.3, -0.25) is 14.9 Å². The van der Waals surface area contributed by atoms with Crippen molar-refractivity contribution in [1.29, 1.82) is 0 Å². The van der Waals surface area contributed by atoms with Gasteiger partial charge in [-0.25, -0.2) is 19.3 Å². The lowest BCUT2D eigenvalue weighted by Crippen LogP contribution is -2.09. The number of hydrogen-bond acceptors (Lipinski definition) is 7. The van der Waals surface area contributed by atoms with Crippen molar-refractivity contribution in [2.24, 2.45) is 0 Å². The molecule has 0 aliphatic carbocycles. The molecule has 0 unspecified atom stereocenters. The monoisotopic (exact) mass is 484 g/mol. The summed E-state index contributed by atoms with van der Waals surface area (Å²) < 4.78 is 15.9. The van der Waals surface area contributed by atoms with E-state index in [0.29, 0.717) is 40.4 Å². The molecule has 0 atom stereocenters. The first-order chi connectivity index (χ1) is 17.1. The van der Waals surface area contributed by atoms with Gasteiger partial charge >= 0.3 is 0 Å². The maximum absolute atomic E-state index is 15.9. The van der Waals surface area contributed by atoms with Gasteiger partial charge in [-0.1, -0.05) is 6.92 Å². The Kier molecular flexibility index (Phi) is 5.03. The number of fused-ring (bicyclic) bond motifs is 2. The number of rotatable bonds is 5. The van der Waals surface area contributed by atoms with Crippen LogP contribution in [0.25, 0.3) is 56.0 Å². The van der Waals surface area contributed by atoms with Gasteiger partial charge in [0, 0.05) is 41.7 Å². The van der Waals surface area contributed by atoms with Crippen molar-refractivity contribution >= 4 is 45.1 Å². The smallest absolute Gasteiger partial charge is 0.224 e. The molecule has 0 radical (unpaired) electrons. The molecule has 0 fully saturated rings. The Labute approximate surface area is 201 Å². The summed E-state index contributed by atoms with van der Waals surface area (Å²) in [5, 5.41) is 14.0. The number of pyridine rings is 3. The maximum atomic E-state index is 15.9. The van der Waals surface area contributed by atoms with Crippen molar-refractivity contribution in [3.05, 3.63) is 59.6 Å². The molecule has 3 N–H and O–H groups in total. The Balaban J connectivity index is 1.48. The topological polar surface area (TPSA) is 125 Å². The number of thiophene rings is 1. The zero-order valence-corrected chi connectivity index (χ0v) is 19.2. The Hall–Kier alpha value is -4.51. The van der Waals surface area contributed by atoms with E-state index in [1.54, 1.807) is 30.5 Å². The van der Waals surface area contributed by atoms with Gasteiger partial charge in [0.1, 0.15) is 17.0 Å². The molecule has 35 heavy (non-hydrogen) atoms. The average Bonchev–Trinajstić information content (AvgIpc) is 3.63. The summed E-state index contributed by atoms with van der Waals surface area (Å²) in [4.78, 5) is 32.5. The fourth-order valence-corrected chi connectivity index (χ4v) is 4.56. The number of H-pyrrole nitrogens is 2. The highest BCUT2D eigenvalue weighted by Crippen LogP contribution is 2.34.